The molecule has 0 aliphatic heterocycles. The molecule has 1 aromatic carbocycles. The van der Waals surface area contributed by atoms with Crippen LogP contribution in [0.2, 0.25) is 0 Å². The fourth-order valence-corrected chi connectivity index (χ4v) is 2.00. The van der Waals surface area contributed by atoms with Crippen LogP contribution in [0.15, 0.2) is 42.6 Å². The number of nitrogens with one attached hydrogen (secondary N) is 1. The molecule has 0 saturated carbocycles. The minimum absolute atomic E-state index is 0.0472. The summed E-state index contributed by atoms with van der Waals surface area (Å²) in [5, 5.41) is 2.74. The highest BCUT2D eigenvalue weighted by atomic mass is 16.1. The Kier molecular flexibility index (Phi) is 4.66. The van der Waals surface area contributed by atoms with Crippen LogP contribution in [0, 0.1) is 0 Å². The van der Waals surface area contributed by atoms with E-state index in [1.165, 1.54) is 6.92 Å². The molecule has 0 aliphatic rings. The number of nitrogens with zero attached hydrogens (tertiary/aromatic N) is 1. The normalized spacial score (nSPS) is 10.1. The molecule has 0 bridgehead atoms. The van der Waals surface area contributed by atoms with E-state index in [0.29, 0.717) is 23.5 Å². The van der Waals surface area contributed by atoms with Gasteiger partial charge in [-0.25, -0.2) is 0 Å². The molecule has 0 spiro atoms. The lowest BCUT2D eigenvalue weighted by Gasteiger charge is -2.08. The summed E-state index contributed by atoms with van der Waals surface area (Å²) in [5.74, 6) is -0.213. The number of hydrogen-bond acceptors (Lipinski definition) is 3. The van der Waals surface area contributed by atoms with E-state index in [0.717, 1.165) is 6.29 Å². The second-order valence-electron chi connectivity index (χ2n) is 4.68. The first-order chi connectivity index (χ1) is 10.1. The Labute approximate surface area is 122 Å². The maximum absolute atomic E-state index is 11.9. The molecule has 1 N–H and O–H groups in total. The van der Waals surface area contributed by atoms with Crippen molar-refractivity contribution in [2.24, 2.45) is 0 Å². The molecular weight excluding hydrogens is 268 g/mol. The van der Waals surface area contributed by atoms with Crippen LogP contribution in [0.3, 0.4) is 0 Å². The van der Waals surface area contributed by atoms with Crippen LogP contribution in [0.5, 0.6) is 0 Å². The molecule has 0 radical (unpaired) electrons. The summed E-state index contributed by atoms with van der Waals surface area (Å²) in [7, 11) is 0. The molecule has 108 valence electrons. The van der Waals surface area contributed by atoms with Crippen molar-refractivity contribution in [1.29, 1.82) is 0 Å². The molecule has 0 saturated heterocycles. The number of amides is 1. The van der Waals surface area contributed by atoms with Gasteiger partial charge in [0.1, 0.15) is 0 Å². The second kappa shape index (κ2) is 6.65. The monoisotopic (exact) mass is 284 g/mol. The van der Waals surface area contributed by atoms with Crippen molar-refractivity contribution in [3.63, 3.8) is 0 Å². The van der Waals surface area contributed by atoms with E-state index in [1.54, 1.807) is 47.2 Å². The first-order valence-electron chi connectivity index (χ1n) is 6.61. The number of aryl methyl sites for hydroxylation is 1. The topological polar surface area (TPSA) is 68.2 Å². The third-order valence-corrected chi connectivity index (χ3v) is 3.12. The SMILES string of the molecule is CC(=O)c1cccc(NC(=O)CCn2cccc2C=O)c1. The van der Waals surface area contributed by atoms with Crippen LogP contribution in [-0.4, -0.2) is 22.5 Å². The number of Topliss-reactive ketones (excluding diaryl/α,β-unsaturated/α-hetero) is 1. The van der Waals surface area contributed by atoms with Crippen molar-refractivity contribution in [2.75, 3.05) is 5.32 Å². The van der Waals surface area contributed by atoms with E-state index in [4.69, 9.17) is 0 Å². The Bertz CT molecular complexity index is 674. The lowest BCUT2D eigenvalue weighted by Crippen LogP contribution is -2.15. The van der Waals surface area contributed by atoms with Gasteiger partial charge in [-0.15, -0.1) is 0 Å². The van der Waals surface area contributed by atoms with Crippen molar-refractivity contribution >= 4 is 23.7 Å². The Morgan fingerprint density at radius 3 is 2.76 bits per heavy atom. The number of rotatable bonds is 6. The molecule has 5 nitrogen and oxygen atoms in total. The van der Waals surface area contributed by atoms with Crippen LogP contribution in [0.25, 0.3) is 0 Å². The molecule has 21 heavy (non-hydrogen) atoms. The third kappa shape index (κ3) is 3.89. The number of hydrogen-bond donors (Lipinski definition) is 1. The van der Waals surface area contributed by atoms with Gasteiger partial charge >= 0.3 is 0 Å². The fraction of sp³-hybridized carbons (Fsp3) is 0.188. The predicted molar refractivity (Wildman–Crippen MR) is 79.5 cm³/mol. The lowest BCUT2D eigenvalue weighted by atomic mass is 10.1. The Morgan fingerprint density at radius 2 is 2.05 bits per heavy atom. The van der Waals surface area contributed by atoms with E-state index in [-0.39, 0.29) is 18.1 Å². The third-order valence-electron chi connectivity index (χ3n) is 3.12. The molecule has 1 amide bonds. The summed E-state index contributed by atoms with van der Waals surface area (Å²) in [6, 6.07) is 10.3. The largest absolute Gasteiger partial charge is 0.345 e. The van der Waals surface area contributed by atoms with Gasteiger partial charge in [-0.1, -0.05) is 12.1 Å². The molecule has 1 aromatic heterocycles. The molecule has 0 unspecified atom stereocenters. The predicted octanol–water partition coefficient (Wildman–Crippen LogP) is 2.53. The average molecular weight is 284 g/mol. The van der Waals surface area contributed by atoms with Crippen molar-refractivity contribution in [1.82, 2.24) is 4.57 Å². The highest BCUT2D eigenvalue weighted by Crippen LogP contribution is 2.12. The van der Waals surface area contributed by atoms with Gasteiger partial charge in [-0.05, 0) is 31.2 Å². The summed E-state index contributed by atoms with van der Waals surface area (Å²) < 4.78 is 1.72. The number of ketones is 1. The lowest BCUT2D eigenvalue weighted by molar-refractivity contribution is -0.116. The van der Waals surface area contributed by atoms with Gasteiger partial charge < -0.3 is 9.88 Å². The summed E-state index contributed by atoms with van der Waals surface area (Å²) in [5.41, 5.74) is 1.69. The number of aldehydes is 1. The number of carbonyl (C=O) groups is 3. The Hall–Kier alpha value is -2.69. The maximum Gasteiger partial charge on any atom is 0.226 e. The van der Waals surface area contributed by atoms with Crippen molar-refractivity contribution in [3.05, 3.63) is 53.9 Å². The molecule has 0 atom stereocenters. The van der Waals surface area contributed by atoms with Gasteiger partial charge in [0.05, 0.1) is 5.69 Å². The van der Waals surface area contributed by atoms with Gasteiger partial charge in [-0.3, -0.25) is 14.4 Å². The Balaban J connectivity index is 1.94. The molecule has 1 heterocycles. The molecular formula is C16H16N2O3. The zero-order valence-electron chi connectivity index (χ0n) is 11.7. The van der Waals surface area contributed by atoms with Crippen molar-refractivity contribution in [3.8, 4) is 0 Å². The van der Waals surface area contributed by atoms with E-state index in [1.807, 2.05) is 0 Å². The first-order valence-corrected chi connectivity index (χ1v) is 6.61. The zero-order valence-corrected chi connectivity index (χ0v) is 11.7. The quantitative estimate of drug-likeness (QED) is 0.654. The molecule has 2 rings (SSSR count). The van der Waals surface area contributed by atoms with Crippen LogP contribution >= 0.6 is 0 Å². The van der Waals surface area contributed by atoms with Gasteiger partial charge in [0.15, 0.2) is 12.1 Å². The van der Waals surface area contributed by atoms with Crippen molar-refractivity contribution < 1.29 is 14.4 Å². The summed E-state index contributed by atoms with van der Waals surface area (Å²) in [6.45, 7) is 1.91. The number of aromatic nitrogens is 1. The van der Waals surface area contributed by atoms with Gasteiger partial charge in [-0.2, -0.15) is 0 Å². The minimum atomic E-state index is -0.166. The summed E-state index contributed by atoms with van der Waals surface area (Å²) >= 11 is 0. The minimum Gasteiger partial charge on any atom is -0.345 e. The fourth-order valence-electron chi connectivity index (χ4n) is 2.00. The maximum atomic E-state index is 11.9. The smallest absolute Gasteiger partial charge is 0.226 e. The molecule has 0 aliphatic carbocycles. The van der Waals surface area contributed by atoms with E-state index in [9.17, 15) is 14.4 Å². The van der Waals surface area contributed by atoms with Crippen molar-refractivity contribution in [2.45, 2.75) is 19.9 Å². The first kappa shape index (κ1) is 14.7. The van der Waals surface area contributed by atoms with Gasteiger partial charge in [0, 0.05) is 30.4 Å². The van der Waals surface area contributed by atoms with Crippen LogP contribution in [0.4, 0.5) is 5.69 Å². The highest BCUT2D eigenvalue weighted by Gasteiger charge is 2.06. The Morgan fingerprint density at radius 1 is 1.24 bits per heavy atom. The standard InChI is InChI=1S/C16H16N2O3/c1-12(20)13-4-2-5-14(10-13)17-16(21)7-9-18-8-3-6-15(18)11-19/h2-6,8,10-11H,7,9H2,1H3,(H,17,21). The van der Waals surface area contributed by atoms with E-state index < -0.39 is 0 Å². The van der Waals surface area contributed by atoms with Crippen LogP contribution in [-0.2, 0) is 11.3 Å². The number of benzene rings is 1. The van der Waals surface area contributed by atoms with Crippen LogP contribution in [0.1, 0.15) is 34.2 Å². The average Bonchev–Trinajstić information content (AvgIpc) is 2.93. The van der Waals surface area contributed by atoms with E-state index in [2.05, 4.69) is 5.32 Å². The summed E-state index contributed by atoms with van der Waals surface area (Å²) in [4.78, 5) is 33.9. The molecule has 2 aromatic rings. The van der Waals surface area contributed by atoms with Gasteiger partial charge in [0.2, 0.25) is 5.91 Å². The van der Waals surface area contributed by atoms with Crippen LogP contribution < -0.4 is 5.32 Å². The zero-order chi connectivity index (χ0) is 15.2. The highest BCUT2D eigenvalue weighted by molar-refractivity contribution is 5.97. The molecule has 5 heteroatoms. The number of anilines is 1. The molecule has 0 fully saturated rings. The summed E-state index contributed by atoms with van der Waals surface area (Å²) in [6.07, 6.45) is 2.77. The van der Waals surface area contributed by atoms with E-state index >= 15 is 0 Å². The number of carbonyl (C=O) groups excluding carboxylic acids is 3. The second-order valence-corrected chi connectivity index (χ2v) is 4.68. The van der Waals surface area contributed by atoms with Gasteiger partial charge in [0.25, 0.3) is 0 Å².